The quantitative estimate of drug-likeness (QED) is 0.614. The van der Waals surface area contributed by atoms with Gasteiger partial charge in [0.05, 0.1) is 22.1 Å². The van der Waals surface area contributed by atoms with E-state index in [1.165, 1.54) is 35.9 Å². The summed E-state index contributed by atoms with van der Waals surface area (Å²) in [4.78, 5) is 10.6. The second kappa shape index (κ2) is 6.05. The third-order valence-electron chi connectivity index (χ3n) is 3.27. The Hall–Kier alpha value is -1.93. The molecule has 0 atom stereocenters. The maximum atomic E-state index is 12.2. The van der Waals surface area contributed by atoms with Gasteiger partial charge in [-0.25, -0.2) is 8.42 Å². The Morgan fingerprint density at radius 2 is 1.86 bits per heavy atom. The van der Waals surface area contributed by atoms with Gasteiger partial charge in [-0.15, -0.1) is 0 Å². The molecule has 9 heteroatoms. The Bertz CT molecular complexity index is 813. The van der Waals surface area contributed by atoms with Gasteiger partial charge >= 0.3 is 5.69 Å². The van der Waals surface area contributed by atoms with Crippen LogP contribution in [-0.2, 0) is 16.4 Å². The molecule has 0 amide bonds. The summed E-state index contributed by atoms with van der Waals surface area (Å²) < 4.78 is 25.8. The van der Waals surface area contributed by atoms with E-state index in [2.05, 4.69) is 5.10 Å². The zero-order chi connectivity index (χ0) is 16.5. The van der Waals surface area contributed by atoms with Gasteiger partial charge in [0.1, 0.15) is 11.4 Å². The number of halogens is 1. The average molecular weight is 344 g/mol. The van der Waals surface area contributed by atoms with E-state index in [0.717, 1.165) is 0 Å². The van der Waals surface area contributed by atoms with Crippen LogP contribution in [0.25, 0.3) is 0 Å². The highest BCUT2D eigenvalue weighted by Gasteiger charge is 2.23. The molecule has 0 spiro atoms. The molecule has 0 aliphatic carbocycles. The summed E-state index contributed by atoms with van der Waals surface area (Å²) in [5, 5.41) is 15.4. The predicted molar refractivity (Wildman–Crippen MR) is 81.9 cm³/mol. The topological polar surface area (TPSA) is 95.1 Å². The summed E-state index contributed by atoms with van der Waals surface area (Å²) >= 11 is 5.73. The number of rotatable bonds is 5. The number of sulfone groups is 1. The van der Waals surface area contributed by atoms with Gasteiger partial charge in [-0.05, 0) is 38.1 Å². The van der Waals surface area contributed by atoms with Crippen molar-refractivity contribution < 1.29 is 13.3 Å². The highest BCUT2D eigenvalue weighted by Crippen LogP contribution is 2.22. The molecule has 1 aromatic heterocycles. The van der Waals surface area contributed by atoms with Crippen LogP contribution in [-0.4, -0.2) is 28.9 Å². The fourth-order valence-electron chi connectivity index (χ4n) is 2.14. The number of benzene rings is 1. The number of hydrogen-bond acceptors (Lipinski definition) is 5. The molecule has 0 radical (unpaired) electrons. The normalized spacial score (nSPS) is 11.6. The molecule has 0 aliphatic heterocycles. The van der Waals surface area contributed by atoms with Crippen molar-refractivity contribution in [2.45, 2.75) is 25.3 Å². The molecule has 0 N–H and O–H groups in total. The van der Waals surface area contributed by atoms with E-state index < -0.39 is 14.8 Å². The van der Waals surface area contributed by atoms with Gasteiger partial charge in [0, 0.05) is 5.02 Å². The van der Waals surface area contributed by atoms with E-state index in [4.69, 9.17) is 11.6 Å². The van der Waals surface area contributed by atoms with Crippen LogP contribution in [0.2, 0.25) is 5.02 Å². The minimum atomic E-state index is -3.51. The summed E-state index contributed by atoms with van der Waals surface area (Å²) in [5.74, 6) is -0.201. The number of nitrogens with zero attached hydrogens (tertiary/aromatic N) is 3. The molecule has 0 fully saturated rings. The van der Waals surface area contributed by atoms with Crippen LogP contribution >= 0.6 is 11.6 Å². The lowest BCUT2D eigenvalue weighted by Gasteiger charge is -2.06. The predicted octanol–water partition coefficient (Wildman–Crippen LogP) is 2.54. The van der Waals surface area contributed by atoms with Crippen LogP contribution in [0, 0.1) is 24.0 Å². The Morgan fingerprint density at radius 3 is 2.36 bits per heavy atom. The fourth-order valence-corrected chi connectivity index (χ4v) is 3.46. The van der Waals surface area contributed by atoms with Crippen molar-refractivity contribution in [2.75, 3.05) is 5.75 Å². The first-order valence-electron chi connectivity index (χ1n) is 6.39. The third kappa shape index (κ3) is 3.28. The summed E-state index contributed by atoms with van der Waals surface area (Å²) in [5.41, 5.74) is 0.532. The Labute approximate surface area is 132 Å². The monoisotopic (exact) mass is 343 g/mol. The summed E-state index contributed by atoms with van der Waals surface area (Å²) in [7, 11) is -3.51. The highest BCUT2D eigenvalue weighted by atomic mass is 35.5. The van der Waals surface area contributed by atoms with E-state index in [1.54, 1.807) is 6.92 Å². The minimum Gasteiger partial charge on any atom is -0.261 e. The Kier molecular flexibility index (Phi) is 4.52. The maximum Gasteiger partial charge on any atom is 0.312 e. The second-order valence-electron chi connectivity index (χ2n) is 4.77. The van der Waals surface area contributed by atoms with Crippen molar-refractivity contribution in [3.63, 3.8) is 0 Å². The van der Waals surface area contributed by atoms with Gasteiger partial charge in [0.15, 0.2) is 9.84 Å². The van der Waals surface area contributed by atoms with Gasteiger partial charge in [0.25, 0.3) is 0 Å². The Morgan fingerprint density at radius 1 is 1.27 bits per heavy atom. The first-order chi connectivity index (χ1) is 10.2. The van der Waals surface area contributed by atoms with Crippen molar-refractivity contribution >= 4 is 27.1 Å². The van der Waals surface area contributed by atoms with Gasteiger partial charge < -0.3 is 0 Å². The smallest absolute Gasteiger partial charge is 0.261 e. The minimum absolute atomic E-state index is 0.0471. The first-order valence-corrected chi connectivity index (χ1v) is 8.42. The molecular formula is C13H14ClN3O4S. The van der Waals surface area contributed by atoms with E-state index in [9.17, 15) is 18.5 Å². The Balaban J connectivity index is 2.21. The van der Waals surface area contributed by atoms with E-state index in [0.29, 0.717) is 10.7 Å². The van der Waals surface area contributed by atoms with Crippen LogP contribution in [0.4, 0.5) is 5.69 Å². The average Bonchev–Trinajstić information content (AvgIpc) is 2.71. The molecule has 7 nitrogen and oxygen atoms in total. The van der Waals surface area contributed by atoms with Crippen molar-refractivity contribution in [3.8, 4) is 0 Å². The first kappa shape index (κ1) is 16.4. The summed E-state index contributed by atoms with van der Waals surface area (Å²) in [6.07, 6.45) is 0. The van der Waals surface area contributed by atoms with Gasteiger partial charge in [-0.2, -0.15) is 5.10 Å². The van der Waals surface area contributed by atoms with Gasteiger partial charge in [-0.1, -0.05) is 11.6 Å². The summed E-state index contributed by atoms with van der Waals surface area (Å²) in [6.45, 7) is 3.12. The highest BCUT2D eigenvalue weighted by molar-refractivity contribution is 7.91. The van der Waals surface area contributed by atoms with Crippen molar-refractivity contribution in [1.82, 2.24) is 9.78 Å². The number of aromatic nitrogens is 2. The molecule has 0 unspecified atom stereocenters. The van der Waals surface area contributed by atoms with Crippen molar-refractivity contribution in [3.05, 3.63) is 50.8 Å². The number of hydrogen-bond donors (Lipinski definition) is 0. The molecule has 1 aromatic carbocycles. The maximum absolute atomic E-state index is 12.2. The zero-order valence-corrected chi connectivity index (χ0v) is 13.6. The van der Waals surface area contributed by atoms with Crippen LogP contribution in [0.15, 0.2) is 29.2 Å². The molecule has 0 saturated carbocycles. The fraction of sp³-hybridized carbons (Fsp3) is 0.308. The van der Waals surface area contributed by atoms with Crippen molar-refractivity contribution in [1.29, 1.82) is 0 Å². The van der Waals surface area contributed by atoms with Gasteiger partial charge in [-0.3, -0.25) is 14.8 Å². The molecule has 118 valence electrons. The standard InChI is InChI=1S/C13H14ClN3O4S/c1-9-13(17(18)19)10(2)16(15-9)7-8-22(20,21)12-5-3-11(14)4-6-12/h3-6H,7-8H2,1-2H3. The lowest BCUT2D eigenvalue weighted by atomic mass is 10.3. The molecule has 0 saturated heterocycles. The summed E-state index contributed by atoms with van der Waals surface area (Å²) in [6, 6.07) is 5.87. The van der Waals surface area contributed by atoms with Crippen LogP contribution in [0.3, 0.4) is 0 Å². The molecule has 2 aromatic rings. The van der Waals surface area contributed by atoms with E-state index in [1.807, 2.05) is 0 Å². The molecule has 1 heterocycles. The largest absolute Gasteiger partial charge is 0.312 e. The third-order valence-corrected chi connectivity index (χ3v) is 5.23. The van der Waals surface area contributed by atoms with Crippen LogP contribution in [0.1, 0.15) is 11.4 Å². The molecule has 22 heavy (non-hydrogen) atoms. The molecule has 2 rings (SSSR count). The second-order valence-corrected chi connectivity index (χ2v) is 7.32. The lowest BCUT2D eigenvalue weighted by molar-refractivity contribution is -0.386. The van der Waals surface area contributed by atoms with Crippen molar-refractivity contribution in [2.24, 2.45) is 0 Å². The molecular weight excluding hydrogens is 330 g/mol. The van der Waals surface area contributed by atoms with Crippen LogP contribution in [0.5, 0.6) is 0 Å². The van der Waals surface area contributed by atoms with Crippen LogP contribution < -0.4 is 0 Å². The number of aryl methyl sites for hydroxylation is 2. The molecule has 0 aliphatic rings. The number of nitro groups is 1. The van der Waals surface area contributed by atoms with E-state index >= 15 is 0 Å². The molecule has 0 bridgehead atoms. The lowest BCUT2D eigenvalue weighted by Crippen LogP contribution is -2.15. The van der Waals surface area contributed by atoms with E-state index in [-0.39, 0.29) is 28.6 Å². The SMILES string of the molecule is Cc1nn(CCS(=O)(=O)c2ccc(Cl)cc2)c(C)c1[N+](=O)[O-]. The van der Waals surface area contributed by atoms with Gasteiger partial charge in [0.2, 0.25) is 0 Å². The zero-order valence-electron chi connectivity index (χ0n) is 12.0.